The van der Waals surface area contributed by atoms with E-state index in [4.69, 9.17) is 11.6 Å². The van der Waals surface area contributed by atoms with Gasteiger partial charge in [-0.05, 0) is 43.0 Å². The first-order valence-electron chi connectivity index (χ1n) is 6.07. The summed E-state index contributed by atoms with van der Waals surface area (Å²) < 4.78 is 0. The van der Waals surface area contributed by atoms with Gasteiger partial charge in [-0.1, -0.05) is 44.0 Å². The number of nitrogens with one attached hydrogen (secondary N) is 1. The molecule has 2 heteroatoms. The van der Waals surface area contributed by atoms with Gasteiger partial charge in [-0.25, -0.2) is 0 Å². The molecule has 1 N–H and O–H groups in total. The van der Waals surface area contributed by atoms with Gasteiger partial charge in [0.2, 0.25) is 0 Å². The second kappa shape index (κ2) is 6.93. The Hall–Kier alpha value is -0.530. The molecule has 2 unspecified atom stereocenters. The van der Waals surface area contributed by atoms with Gasteiger partial charge >= 0.3 is 0 Å². The number of hydrogen-bond acceptors (Lipinski definition) is 1. The van der Waals surface area contributed by atoms with Crippen molar-refractivity contribution in [1.82, 2.24) is 5.32 Å². The van der Waals surface area contributed by atoms with Crippen molar-refractivity contribution in [1.29, 1.82) is 0 Å². The zero-order valence-corrected chi connectivity index (χ0v) is 11.2. The molecule has 0 saturated heterocycles. The van der Waals surface area contributed by atoms with Crippen molar-refractivity contribution in [3.05, 3.63) is 34.9 Å². The maximum atomic E-state index is 6.04. The minimum Gasteiger partial charge on any atom is -0.319 e. The van der Waals surface area contributed by atoms with E-state index in [0.29, 0.717) is 5.92 Å². The van der Waals surface area contributed by atoms with Crippen LogP contribution in [0.15, 0.2) is 24.3 Å². The predicted molar refractivity (Wildman–Crippen MR) is 72.2 cm³/mol. The lowest BCUT2D eigenvalue weighted by molar-refractivity contribution is 0.444. The molecular weight excluding hydrogens is 218 g/mol. The topological polar surface area (TPSA) is 12.0 Å². The largest absolute Gasteiger partial charge is 0.319 e. The molecule has 0 spiro atoms. The Bertz CT molecular complexity index is 311. The van der Waals surface area contributed by atoms with Crippen molar-refractivity contribution in [2.24, 2.45) is 5.92 Å². The fourth-order valence-corrected chi connectivity index (χ4v) is 2.20. The first kappa shape index (κ1) is 13.5. The molecule has 1 rings (SSSR count). The van der Waals surface area contributed by atoms with Crippen LogP contribution in [0, 0.1) is 5.92 Å². The van der Waals surface area contributed by atoms with E-state index in [9.17, 15) is 0 Å². The summed E-state index contributed by atoms with van der Waals surface area (Å²) in [5.41, 5.74) is 1.35. The molecule has 0 aromatic heterocycles. The highest BCUT2D eigenvalue weighted by atomic mass is 35.5. The van der Waals surface area contributed by atoms with Crippen LogP contribution in [0.4, 0.5) is 0 Å². The quantitative estimate of drug-likeness (QED) is 0.789. The van der Waals surface area contributed by atoms with E-state index in [2.05, 4.69) is 31.3 Å². The molecule has 0 saturated carbocycles. The van der Waals surface area contributed by atoms with Crippen molar-refractivity contribution >= 4 is 11.6 Å². The molecule has 90 valence electrons. The van der Waals surface area contributed by atoms with Crippen LogP contribution in [0.1, 0.15) is 38.2 Å². The van der Waals surface area contributed by atoms with Crippen LogP contribution in [0.3, 0.4) is 0 Å². The average Bonchev–Trinajstić information content (AvgIpc) is 2.28. The van der Waals surface area contributed by atoms with Gasteiger partial charge in [-0.3, -0.25) is 0 Å². The zero-order valence-electron chi connectivity index (χ0n) is 10.5. The number of likely N-dealkylation sites (N-methyl/N-ethyl adjacent to an activating group) is 1. The van der Waals surface area contributed by atoms with Crippen molar-refractivity contribution in [2.75, 3.05) is 13.6 Å². The maximum absolute atomic E-state index is 6.04. The minimum atomic E-state index is 0.568. The summed E-state index contributed by atoms with van der Waals surface area (Å²) in [5, 5.41) is 4.11. The smallest absolute Gasteiger partial charge is 0.0408 e. The fraction of sp³-hybridized carbons (Fsp3) is 0.571. The predicted octanol–water partition coefficient (Wildman–Crippen LogP) is 4.08. The second-order valence-electron chi connectivity index (χ2n) is 4.56. The molecule has 1 aromatic carbocycles. The Kier molecular flexibility index (Phi) is 5.86. The van der Waals surface area contributed by atoms with Crippen LogP contribution in [0.25, 0.3) is 0 Å². The second-order valence-corrected chi connectivity index (χ2v) is 5.00. The Morgan fingerprint density at radius 3 is 2.69 bits per heavy atom. The van der Waals surface area contributed by atoms with Crippen molar-refractivity contribution in [3.8, 4) is 0 Å². The molecule has 0 heterocycles. The summed E-state index contributed by atoms with van der Waals surface area (Å²) in [7, 11) is 2.01. The summed E-state index contributed by atoms with van der Waals surface area (Å²) in [4.78, 5) is 0. The van der Waals surface area contributed by atoms with E-state index in [1.165, 1.54) is 18.4 Å². The Morgan fingerprint density at radius 1 is 1.38 bits per heavy atom. The van der Waals surface area contributed by atoms with E-state index in [1.54, 1.807) is 0 Å². The lowest BCUT2D eigenvalue weighted by atomic mass is 9.88. The SMILES string of the molecule is CCC(C)CC(CNC)c1cccc(Cl)c1. The first-order chi connectivity index (χ1) is 7.67. The highest BCUT2D eigenvalue weighted by Gasteiger charge is 2.14. The summed E-state index contributed by atoms with van der Waals surface area (Å²) in [6, 6.07) is 8.24. The molecule has 1 nitrogen and oxygen atoms in total. The third-order valence-corrected chi connectivity index (χ3v) is 3.39. The van der Waals surface area contributed by atoms with E-state index < -0.39 is 0 Å². The van der Waals surface area contributed by atoms with E-state index in [1.807, 2.05) is 19.2 Å². The molecule has 0 fully saturated rings. The standard InChI is InChI=1S/C14H22ClN/c1-4-11(2)8-13(10-16-3)12-6-5-7-14(15)9-12/h5-7,9,11,13,16H,4,8,10H2,1-3H3. The highest BCUT2D eigenvalue weighted by molar-refractivity contribution is 6.30. The number of hydrogen-bond donors (Lipinski definition) is 1. The van der Waals surface area contributed by atoms with Gasteiger partial charge in [-0.15, -0.1) is 0 Å². The maximum Gasteiger partial charge on any atom is 0.0408 e. The Morgan fingerprint density at radius 2 is 2.12 bits per heavy atom. The highest BCUT2D eigenvalue weighted by Crippen LogP contribution is 2.26. The average molecular weight is 240 g/mol. The Balaban J connectivity index is 2.76. The van der Waals surface area contributed by atoms with Gasteiger partial charge < -0.3 is 5.32 Å². The van der Waals surface area contributed by atoms with Crippen LogP contribution in [-0.2, 0) is 0 Å². The van der Waals surface area contributed by atoms with E-state index in [-0.39, 0.29) is 0 Å². The van der Waals surface area contributed by atoms with Gasteiger partial charge in [0, 0.05) is 11.6 Å². The van der Waals surface area contributed by atoms with Crippen LogP contribution in [0.5, 0.6) is 0 Å². The lowest BCUT2D eigenvalue weighted by Crippen LogP contribution is -2.19. The van der Waals surface area contributed by atoms with Gasteiger partial charge in [0.05, 0.1) is 0 Å². The van der Waals surface area contributed by atoms with Crippen LogP contribution in [-0.4, -0.2) is 13.6 Å². The van der Waals surface area contributed by atoms with Crippen molar-refractivity contribution < 1.29 is 0 Å². The monoisotopic (exact) mass is 239 g/mol. The molecule has 2 atom stereocenters. The summed E-state index contributed by atoms with van der Waals surface area (Å²) in [6.07, 6.45) is 2.46. The van der Waals surface area contributed by atoms with Crippen LogP contribution < -0.4 is 5.32 Å². The lowest BCUT2D eigenvalue weighted by Gasteiger charge is -2.20. The molecule has 0 radical (unpaired) electrons. The molecule has 1 aromatic rings. The third-order valence-electron chi connectivity index (χ3n) is 3.15. The minimum absolute atomic E-state index is 0.568. The molecule has 0 aliphatic rings. The van der Waals surface area contributed by atoms with Crippen LogP contribution in [0.2, 0.25) is 5.02 Å². The van der Waals surface area contributed by atoms with Crippen LogP contribution >= 0.6 is 11.6 Å². The number of halogens is 1. The first-order valence-corrected chi connectivity index (χ1v) is 6.45. The van der Waals surface area contributed by atoms with Crippen molar-refractivity contribution in [2.45, 2.75) is 32.6 Å². The molecule has 0 aliphatic carbocycles. The fourth-order valence-electron chi connectivity index (χ4n) is 2.00. The Labute approximate surface area is 104 Å². The number of benzene rings is 1. The van der Waals surface area contributed by atoms with Gasteiger partial charge in [0.15, 0.2) is 0 Å². The number of rotatable bonds is 6. The molecule has 0 bridgehead atoms. The van der Waals surface area contributed by atoms with Crippen molar-refractivity contribution in [3.63, 3.8) is 0 Å². The van der Waals surface area contributed by atoms with E-state index in [0.717, 1.165) is 17.5 Å². The summed E-state index contributed by atoms with van der Waals surface area (Å²) >= 11 is 6.04. The third kappa shape index (κ3) is 4.15. The summed E-state index contributed by atoms with van der Waals surface area (Å²) in [5.74, 6) is 1.33. The van der Waals surface area contributed by atoms with Gasteiger partial charge in [0.1, 0.15) is 0 Å². The van der Waals surface area contributed by atoms with Gasteiger partial charge in [0.25, 0.3) is 0 Å². The van der Waals surface area contributed by atoms with E-state index >= 15 is 0 Å². The molecule has 16 heavy (non-hydrogen) atoms. The molecule has 0 amide bonds. The summed E-state index contributed by atoms with van der Waals surface area (Å²) in [6.45, 7) is 5.58. The normalized spacial score (nSPS) is 14.8. The zero-order chi connectivity index (χ0) is 12.0. The van der Waals surface area contributed by atoms with Gasteiger partial charge in [-0.2, -0.15) is 0 Å². The molecular formula is C14H22ClN. The molecule has 0 aliphatic heterocycles.